The van der Waals surface area contributed by atoms with Gasteiger partial charge in [-0.1, -0.05) is 29.8 Å². The largest absolute Gasteiger partial charge is 0.378 e. The lowest BCUT2D eigenvalue weighted by atomic mass is 10.1. The number of morpholine rings is 1. The second-order valence-electron chi connectivity index (χ2n) is 5.63. The fraction of sp³-hybridized carbons (Fsp3) is 0.412. The number of anilines is 2. The van der Waals surface area contributed by atoms with Crippen molar-refractivity contribution in [2.75, 3.05) is 36.5 Å². The van der Waals surface area contributed by atoms with Gasteiger partial charge in [-0.3, -0.25) is 0 Å². The first kappa shape index (κ1) is 14.8. The number of ether oxygens (including phenoxy) is 1. The Hall–Kier alpha value is -2.14. The molecule has 1 aromatic carbocycles. The summed E-state index contributed by atoms with van der Waals surface area (Å²) in [6.45, 7) is 8.04. The van der Waals surface area contributed by atoms with Crippen molar-refractivity contribution in [3.8, 4) is 0 Å². The van der Waals surface area contributed by atoms with Crippen molar-refractivity contribution in [1.82, 2.24) is 9.97 Å². The number of rotatable bonds is 4. The fourth-order valence-electron chi connectivity index (χ4n) is 2.45. The predicted molar refractivity (Wildman–Crippen MR) is 88.3 cm³/mol. The quantitative estimate of drug-likeness (QED) is 0.940. The fourth-order valence-corrected chi connectivity index (χ4v) is 2.45. The van der Waals surface area contributed by atoms with Gasteiger partial charge in [0.25, 0.3) is 0 Å². The van der Waals surface area contributed by atoms with Gasteiger partial charge in [-0.2, -0.15) is 4.98 Å². The predicted octanol–water partition coefficient (Wildman–Crippen LogP) is 2.54. The van der Waals surface area contributed by atoms with Crippen LogP contribution in [-0.4, -0.2) is 36.3 Å². The summed E-state index contributed by atoms with van der Waals surface area (Å²) in [6, 6.07) is 10.5. The van der Waals surface area contributed by atoms with E-state index in [0.29, 0.717) is 0 Å². The van der Waals surface area contributed by atoms with E-state index in [1.54, 1.807) is 0 Å². The van der Waals surface area contributed by atoms with Crippen LogP contribution in [-0.2, 0) is 11.3 Å². The molecule has 2 heterocycles. The van der Waals surface area contributed by atoms with Crippen LogP contribution in [0.2, 0.25) is 0 Å². The Morgan fingerprint density at radius 3 is 2.55 bits per heavy atom. The van der Waals surface area contributed by atoms with Crippen LogP contribution in [0.4, 0.5) is 11.8 Å². The van der Waals surface area contributed by atoms with Gasteiger partial charge in [0.2, 0.25) is 5.95 Å². The first-order valence-electron chi connectivity index (χ1n) is 7.68. The van der Waals surface area contributed by atoms with Gasteiger partial charge in [0, 0.05) is 31.4 Å². The zero-order chi connectivity index (χ0) is 15.4. The molecule has 0 bridgehead atoms. The van der Waals surface area contributed by atoms with Crippen LogP contribution in [0.1, 0.15) is 16.8 Å². The van der Waals surface area contributed by atoms with Crippen LogP contribution >= 0.6 is 0 Å². The summed E-state index contributed by atoms with van der Waals surface area (Å²) in [7, 11) is 0. The van der Waals surface area contributed by atoms with E-state index in [2.05, 4.69) is 51.4 Å². The molecule has 0 amide bonds. The normalized spacial score (nSPS) is 14.9. The molecule has 5 nitrogen and oxygen atoms in total. The lowest BCUT2D eigenvalue weighted by molar-refractivity contribution is 0.122. The SMILES string of the molecule is Cc1ccc(CNc2cc(C)nc(N3CCOCC3)n2)cc1. The molecule has 0 aliphatic carbocycles. The molecule has 0 spiro atoms. The Morgan fingerprint density at radius 2 is 1.82 bits per heavy atom. The highest BCUT2D eigenvalue weighted by atomic mass is 16.5. The van der Waals surface area contributed by atoms with Crippen molar-refractivity contribution >= 4 is 11.8 Å². The van der Waals surface area contributed by atoms with Crippen molar-refractivity contribution in [2.45, 2.75) is 20.4 Å². The lowest BCUT2D eigenvalue weighted by Gasteiger charge is -2.27. The number of hydrogen-bond donors (Lipinski definition) is 1. The van der Waals surface area contributed by atoms with E-state index in [0.717, 1.165) is 50.3 Å². The van der Waals surface area contributed by atoms with Crippen molar-refractivity contribution in [3.63, 3.8) is 0 Å². The Labute approximate surface area is 131 Å². The number of hydrogen-bond acceptors (Lipinski definition) is 5. The van der Waals surface area contributed by atoms with Crippen LogP contribution in [0.15, 0.2) is 30.3 Å². The highest BCUT2D eigenvalue weighted by Crippen LogP contribution is 2.16. The monoisotopic (exact) mass is 298 g/mol. The van der Waals surface area contributed by atoms with E-state index in [9.17, 15) is 0 Å². The van der Waals surface area contributed by atoms with E-state index < -0.39 is 0 Å². The van der Waals surface area contributed by atoms with Crippen LogP contribution in [0.5, 0.6) is 0 Å². The summed E-state index contributed by atoms with van der Waals surface area (Å²) >= 11 is 0. The van der Waals surface area contributed by atoms with Crippen LogP contribution in [0.25, 0.3) is 0 Å². The summed E-state index contributed by atoms with van der Waals surface area (Å²) in [5.41, 5.74) is 3.49. The van der Waals surface area contributed by atoms with Crippen molar-refractivity contribution in [1.29, 1.82) is 0 Å². The minimum Gasteiger partial charge on any atom is -0.378 e. The van der Waals surface area contributed by atoms with Gasteiger partial charge in [0.1, 0.15) is 5.82 Å². The minimum atomic E-state index is 0.740. The van der Waals surface area contributed by atoms with Crippen molar-refractivity contribution in [3.05, 3.63) is 47.2 Å². The van der Waals surface area contributed by atoms with Gasteiger partial charge in [-0.25, -0.2) is 4.98 Å². The molecule has 1 N–H and O–H groups in total. The van der Waals surface area contributed by atoms with Gasteiger partial charge in [-0.15, -0.1) is 0 Å². The summed E-state index contributed by atoms with van der Waals surface area (Å²) < 4.78 is 5.38. The molecule has 0 atom stereocenters. The van der Waals surface area contributed by atoms with Gasteiger partial charge in [0.05, 0.1) is 13.2 Å². The maximum Gasteiger partial charge on any atom is 0.227 e. The summed E-state index contributed by atoms with van der Waals surface area (Å²) in [4.78, 5) is 11.4. The van der Waals surface area contributed by atoms with E-state index in [4.69, 9.17) is 4.74 Å². The number of nitrogens with zero attached hydrogens (tertiary/aromatic N) is 3. The molecular formula is C17H22N4O. The maximum atomic E-state index is 5.38. The third kappa shape index (κ3) is 3.74. The average Bonchev–Trinajstić information content (AvgIpc) is 2.55. The molecule has 2 aromatic rings. The molecule has 5 heteroatoms. The number of nitrogens with one attached hydrogen (secondary N) is 1. The number of benzene rings is 1. The second-order valence-corrected chi connectivity index (χ2v) is 5.63. The highest BCUT2D eigenvalue weighted by Gasteiger charge is 2.14. The zero-order valence-corrected chi connectivity index (χ0v) is 13.2. The molecule has 116 valence electrons. The van der Waals surface area contributed by atoms with E-state index in [1.165, 1.54) is 11.1 Å². The Morgan fingerprint density at radius 1 is 1.09 bits per heavy atom. The first-order chi connectivity index (χ1) is 10.7. The van der Waals surface area contributed by atoms with Crippen LogP contribution in [0.3, 0.4) is 0 Å². The molecular weight excluding hydrogens is 276 g/mol. The standard InChI is InChI=1S/C17H22N4O/c1-13-3-5-15(6-4-13)12-18-16-11-14(2)19-17(20-16)21-7-9-22-10-8-21/h3-6,11H,7-10,12H2,1-2H3,(H,18,19,20). The summed E-state index contributed by atoms with van der Waals surface area (Å²) in [6.07, 6.45) is 0. The van der Waals surface area contributed by atoms with Crippen molar-refractivity contribution in [2.24, 2.45) is 0 Å². The second kappa shape index (κ2) is 6.75. The molecule has 1 aliphatic rings. The molecule has 0 unspecified atom stereocenters. The third-order valence-electron chi connectivity index (χ3n) is 3.73. The topological polar surface area (TPSA) is 50.3 Å². The van der Waals surface area contributed by atoms with Gasteiger partial charge in [0.15, 0.2) is 0 Å². The van der Waals surface area contributed by atoms with E-state index in [-0.39, 0.29) is 0 Å². The molecule has 1 aromatic heterocycles. The molecule has 3 rings (SSSR count). The summed E-state index contributed by atoms with van der Waals surface area (Å²) in [5.74, 6) is 1.66. The smallest absolute Gasteiger partial charge is 0.227 e. The molecule has 0 saturated carbocycles. The number of aromatic nitrogens is 2. The van der Waals surface area contributed by atoms with Crippen LogP contribution in [0, 0.1) is 13.8 Å². The Kier molecular flexibility index (Phi) is 4.53. The molecule has 1 aliphatic heterocycles. The van der Waals surface area contributed by atoms with Gasteiger partial charge in [-0.05, 0) is 19.4 Å². The Balaban J connectivity index is 1.70. The maximum absolute atomic E-state index is 5.38. The number of aryl methyl sites for hydroxylation is 2. The molecule has 1 saturated heterocycles. The van der Waals surface area contributed by atoms with Gasteiger partial charge < -0.3 is 15.0 Å². The summed E-state index contributed by atoms with van der Waals surface area (Å²) in [5, 5.41) is 3.39. The highest BCUT2D eigenvalue weighted by molar-refractivity contribution is 5.44. The van der Waals surface area contributed by atoms with Crippen LogP contribution < -0.4 is 10.2 Å². The van der Waals surface area contributed by atoms with Gasteiger partial charge >= 0.3 is 0 Å². The minimum absolute atomic E-state index is 0.740. The zero-order valence-electron chi connectivity index (χ0n) is 13.2. The first-order valence-corrected chi connectivity index (χ1v) is 7.68. The molecule has 22 heavy (non-hydrogen) atoms. The average molecular weight is 298 g/mol. The third-order valence-corrected chi connectivity index (χ3v) is 3.73. The van der Waals surface area contributed by atoms with Crippen molar-refractivity contribution < 1.29 is 4.74 Å². The van der Waals surface area contributed by atoms with E-state index in [1.807, 2.05) is 13.0 Å². The van der Waals surface area contributed by atoms with E-state index >= 15 is 0 Å². The molecule has 1 fully saturated rings. The lowest BCUT2D eigenvalue weighted by Crippen LogP contribution is -2.37. The molecule has 0 radical (unpaired) electrons. The Bertz CT molecular complexity index is 621.